The van der Waals surface area contributed by atoms with Gasteiger partial charge in [-0.3, -0.25) is 4.79 Å². The zero-order chi connectivity index (χ0) is 16.2. The third kappa shape index (κ3) is 5.05. The van der Waals surface area contributed by atoms with Gasteiger partial charge in [-0.1, -0.05) is 35.7 Å². The first kappa shape index (κ1) is 18.6. The number of hydrogen-bond donors (Lipinski definition) is 2. The summed E-state index contributed by atoms with van der Waals surface area (Å²) in [5.41, 5.74) is 0.876. The van der Waals surface area contributed by atoms with Gasteiger partial charge in [0.15, 0.2) is 0 Å². The van der Waals surface area contributed by atoms with E-state index in [1.807, 2.05) is 13.8 Å². The first-order chi connectivity index (χ1) is 9.69. The molecule has 21 heavy (non-hydrogen) atoms. The van der Waals surface area contributed by atoms with Crippen LogP contribution in [0.25, 0.3) is 0 Å². The molecular weight excluding hydrogens is 426 g/mol. The molecular formula is C13H17Br2NO4S. The summed E-state index contributed by atoms with van der Waals surface area (Å²) in [5, 5.41) is 9.13. The third-order valence-electron chi connectivity index (χ3n) is 2.94. The molecule has 1 rings (SSSR count). The van der Waals surface area contributed by atoms with Crippen molar-refractivity contribution in [3.63, 3.8) is 0 Å². The standard InChI is InChI=1S/C13H17Br2NO4S/c1-3-4-5-11(13(17)18)16-21(19,20)12-7-9(14)8(2)6-10(12)15/h6-7,11,16H,3-5H2,1-2H3,(H,17,18)/t11-/m0/s1. The predicted molar refractivity (Wildman–Crippen MR) is 87.8 cm³/mol. The molecule has 118 valence electrons. The second-order valence-electron chi connectivity index (χ2n) is 4.69. The monoisotopic (exact) mass is 441 g/mol. The first-order valence-corrected chi connectivity index (χ1v) is 9.46. The Morgan fingerprint density at radius 1 is 1.33 bits per heavy atom. The molecule has 0 unspecified atom stereocenters. The Balaban J connectivity index is 3.10. The number of halogens is 2. The van der Waals surface area contributed by atoms with E-state index in [1.54, 1.807) is 6.07 Å². The van der Waals surface area contributed by atoms with Gasteiger partial charge in [-0.15, -0.1) is 0 Å². The summed E-state index contributed by atoms with van der Waals surface area (Å²) in [6.45, 7) is 3.75. The smallest absolute Gasteiger partial charge is 0.321 e. The molecule has 0 aliphatic rings. The van der Waals surface area contributed by atoms with Gasteiger partial charge >= 0.3 is 5.97 Å². The summed E-state index contributed by atoms with van der Waals surface area (Å²) < 4.78 is 28.0. The summed E-state index contributed by atoms with van der Waals surface area (Å²) in [7, 11) is -3.91. The van der Waals surface area contributed by atoms with Crippen LogP contribution in [0.3, 0.4) is 0 Å². The topological polar surface area (TPSA) is 83.5 Å². The fourth-order valence-electron chi connectivity index (χ4n) is 1.73. The molecule has 0 fully saturated rings. The van der Waals surface area contributed by atoms with Crippen molar-refractivity contribution in [3.05, 3.63) is 26.6 Å². The van der Waals surface area contributed by atoms with Gasteiger partial charge in [0.1, 0.15) is 6.04 Å². The summed E-state index contributed by atoms with van der Waals surface area (Å²) >= 11 is 6.49. The number of aryl methyl sites for hydroxylation is 1. The maximum absolute atomic E-state index is 12.4. The minimum absolute atomic E-state index is 0.0164. The maximum atomic E-state index is 12.4. The number of nitrogens with one attached hydrogen (secondary N) is 1. The van der Waals surface area contributed by atoms with E-state index >= 15 is 0 Å². The summed E-state index contributed by atoms with van der Waals surface area (Å²) in [6.07, 6.45) is 1.69. The maximum Gasteiger partial charge on any atom is 0.321 e. The molecule has 1 aromatic carbocycles. The van der Waals surface area contributed by atoms with Crippen LogP contribution in [0, 0.1) is 6.92 Å². The summed E-state index contributed by atoms with van der Waals surface area (Å²) in [6, 6.07) is 2.00. The van der Waals surface area contributed by atoms with Crippen molar-refractivity contribution in [2.45, 2.75) is 44.0 Å². The molecule has 5 nitrogen and oxygen atoms in total. The van der Waals surface area contributed by atoms with E-state index in [0.717, 1.165) is 12.0 Å². The van der Waals surface area contributed by atoms with Gasteiger partial charge in [-0.25, -0.2) is 8.42 Å². The molecule has 2 N–H and O–H groups in total. The van der Waals surface area contributed by atoms with Crippen LogP contribution in [0.2, 0.25) is 0 Å². The van der Waals surface area contributed by atoms with E-state index in [4.69, 9.17) is 5.11 Å². The highest BCUT2D eigenvalue weighted by atomic mass is 79.9. The molecule has 0 bridgehead atoms. The molecule has 0 saturated carbocycles. The number of carboxylic acids is 1. The number of sulfonamides is 1. The number of benzene rings is 1. The third-order valence-corrected chi connectivity index (χ3v) is 6.23. The van der Waals surface area contributed by atoms with Crippen LogP contribution in [0.4, 0.5) is 0 Å². The molecule has 0 aliphatic carbocycles. The van der Waals surface area contributed by atoms with Gasteiger partial charge in [0.2, 0.25) is 10.0 Å². The minimum Gasteiger partial charge on any atom is -0.480 e. The van der Waals surface area contributed by atoms with Gasteiger partial charge in [0, 0.05) is 8.95 Å². The molecule has 0 saturated heterocycles. The Bertz CT molecular complexity index is 631. The first-order valence-electron chi connectivity index (χ1n) is 6.39. The fraction of sp³-hybridized carbons (Fsp3) is 0.462. The summed E-state index contributed by atoms with van der Waals surface area (Å²) in [4.78, 5) is 11.2. The lowest BCUT2D eigenvalue weighted by atomic mass is 10.1. The quantitative estimate of drug-likeness (QED) is 0.677. The van der Waals surface area contributed by atoms with Crippen LogP contribution >= 0.6 is 31.9 Å². The zero-order valence-corrected chi connectivity index (χ0v) is 15.7. The molecule has 0 aromatic heterocycles. The van der Waals surface area contributed by atoms with Gasteiger partial charge < -0.3 is 5.11 Å². The Kier molecular flexibility index (Phi) is 6.83. The van der Waals surface area contributed by atoms with Crippen molar-refractivity contribution < 1.29 is 18.3 Å². The van der Waals surface area contributed by atoms with Gasteiger partial charge in [-0.2, -0.15) is 4.72 Å². The molecule has 8 heteroatoms. The van der Waals surface area contributed by atoms with Crippen LogP contribution in [-0.2, 0) is 14.8 Å². The van der Waals surface area contributed by atoms with Crippen molar-refractivity contribution in [1.29, 1.82) is 0 Å². The largest absolute Gasteiger partial charge is 0.480 e. The lowest BCUT2D eigenvalue weighted by Crippen LogP contribution is -2.40. The minimum atomic E-state index is -3.91. The highest BCUT2D eigenvalue weighted by Gasteiger charge is 2.26. The average molecular weight is 443 g/mol. The highest BCUT2D eigenvalue weighted by molar-refractivity contribution is 9.11. The van der Waals surface area contributed by atoms with E-state index in [-0.39, 0.29) is 11.3 Å². The van der Waals surface area contributed by atoms with Crippen molar-refractivity contribution in [3.8, 4) is 0 Å². The molecule has 0 amide bonds. The van der Waals surface area contributed by atoms with E-state index < -0.39 is 22.0 Å². The van der Waals surface area contributed by atoms with Gasteiger partial charge in [0.05, 0.1) is 4.90 Å². The van der Waals surface area contributed by atoms with Crippen molar-refractivity contribution in [2.75, 3.05) is 0 Å². The number of hydrogen-bond acceptors (Lipinski definition) is 3. The van der Waals surface area contributed by atoms with Crippen molar-refractivity contribution in [1.82, 2.24) is 4.72 Å². The van der Waals surface area contributed by atoms with E-state index in [9.17, 15) is 13.2 Å². The van der Waals surface area contributed by atoms with E-state index in [1.165, 1.54) is 6.07 Å². The second-order valence-corrected chi connectivity index (χ2v) is 8.08. The number of carbonyl (C=O) groups is 1. The molecule has 1 atom stereocenters. The van der Waals surface area contributed by atoms with E-state index in [2.05, 4.69) is 36.6 Å². The lowest BCUT2D eigenvalue weighted by molar-refractivity contribution is -0.139. The van der Waals surface area contributed by atoms with Gasteiger partial charge in [-0.05, 0) is 47.0 Å². The van der Waals surface area contributed by atoms with Crippen molar-refractivity contribution >= 4 is 47.9 Å². The fourth-order valence-corrected chi connectivity index (χ4v) is 4.63. The Labute approximate surface area is 141 Å². The zero-order valence-electron chi connectivity index (χ0n) is 11.7. The van der Waals surface area contributed by atoms with Crippen LogP contribution in [-0.4, -0.2) is 25.5 Å². The normalized spacial score (nSPS) is 13.1. The van der Waals surface area contributed by atoms with Crippen LogP contribution in [0.15, 0.2) is 26.0 Å². The number of rotatable bonds is 7. The van der Waals surface area contributed by atoms with E-state index in [0.29, 0.717) is 15.4 Å². The average Bonchev–Trinajstić information content (AvgIpc) is 2.38. The van der Waals surface area contributed by atoms with Crippen molar-refractivity contribution in [2.24, 2.45) is 0 Å². The predicted octanol–water partition coefficient (Wildman–Crippen LogP) is 3.44. The van der Waals surface area contributed by atoms with Crippen LogP contribution in [0.1, 0.15) is 31.7 Å². The molecule has 1 aromatic rings. The van der Waals surface area contributed by atoms with Gasteiger partial charge in [0.25, 0.3) is 0 Å². The molecule has 0 heterocycles. The molecule has 0 radical (unpaired) electrons. The Morgan fingerprint density at radius 2 is 1.95 bits per heavy atom. The Hall–Kier alpha value is -0.440. The number of aliphatic carboxylic acids is 1. The Morgan fingerprint density at radius 3 is 2.48 bits per heavy atom. The highest BCUT2D eigenvalue weighted by Crippen LogP contribution is 2.29. The molecule has 0 spiro atoms. The SMILES string of the molecule is CCCC[C@H](NS(=O)(=O)c1cc(Br)c(C)cc1Br)C(=O)O. The number of unbranched alkanes of at least 4 members (excludes halogenated alkanes) is 1. The number of carboxylic acid groups (broad SMARTS) is 1. The summed E-state index contributed by atoms with van der Waals surface area (Å²) in [5.74, 6) is -1.17. The lowest BCUT2D eigenvalue weighted by Gasteiger charge is -2.16. The van der Waals surface area contributed by atoms with Crippen LogP contribution in [0.5, 0.6) is 0 Å². The van der Waals surface area contributed by atoms with Crippen LogP contribution < -0.4 is 4.72 Å². The molecule has 0 aliphatic heterocycles. The second kappa shape index (κ2) is 7.71.